The number of hydrogen-bond acceptors (Lipinski definition) is 3. The SMILES string of the molecule is O=C(OCc1ccccc1)N1CC2(CC2)C[C@H]1C1=NC=C(c2ccc3c(c2)C(F)(F)c2cc(Br)ccc2-3)C1. The molecule has 7 heteroatoms. The van der Waals surface area contributed by atoms with E-state index in [9.17, 15) is 4.79 Å². The Labute approximate surface area is 228 Å². The molecule has 38 heavy (non-hydrogen) atoms. The number of allylic oxidation sites excluding steroid dienone is 1. The van der Waals surface area contributed by atoms with Crippen LogP contribution in [-0.4, -0.2) is 29.3 Å². The second-order valence-electron chi connectivity index (χ2n) is 10.9. The molecule has 1 amide bonds. The summed E-state index contributed by atoms with van der Waals surface area (Å²) in [4.78, 5) is 19.7. The number of hydrogen-bond donors (Lipinski definition) is 0. The number of carbonyl (C=O) groups excluding carboxylic acids is 1. The van der Waals surface area contributed by atoms with Crippen LogP contribution in [0.15, 0.2) is 82.4 Å². The van der Waals surface area contributed by atoms with Gasteiger partial charge in [-0.25, -0.2) is 4.79 Å². The highest BCUT2D eigenvalue weighted by Gasteiger charge is 2.55. The lowest BCUT2D eigenvalue weighted by Gasteiger charge is -2.24. The number of amides is 1. The van der Waals surface area contributed by atoms with Gasteiger partial charge in [-0.3, -0.25) is 9.89 Å². The summed E-state index contributed by atoms with van der Waals surface area (Å²) in [6, 6.07) is 19.9. The standard InChI is InChI=1S/C31H25BrF2N2O2/c32-22-7-9-24-23-8-6-20(12-25(23)31(33,34)26(24)14-22)21-13-27(35-16-21)28-15-30(10-11-30)18-36(28)29(37)38-17-19-4-2-1-3-5-19/h1-9,12,14,16,28H,10-11,13,15,17-18H2/t28-/m0/s1. The van der Waals surface area contributed by atoms with E-state index in [-0.39, 0.29) is 35.3 Å². The third-order valence-electron chi connectivity index (χ3n) is 8.39. The number of likely N-dealkylation sites (tertiary alicyclic amines) is 1. The Balaban J connectivity index is 1.09. The molecule has 2 aliphatic heterocycles. The Bertz CT molecular complexity index is 1530. The second kappa shape index (κ2) is 8.60. The normalized spacial score (nSPS) is 21.7. The quantitative estimate of drug-likeness (QED) is 0.317. The number of fused-ring (bicyclic) bond motifs is 3. The lowest BCUT2D eigenvalue weighted by Crippen LogP contribution is -2.40. The molecule has 4 aliphatic rings. The lowest BCUT2D eigenvalue weighted by molar-refractivity contribution is 0.0479. The monoisotopic (exact) mass is 574 g/mol. The van der Waals surface area contributed by atoms with Gasteiger partial charge in [-0.05, 0) is 70.7 Å². The van der Waals surface area contributed by atoms with Crippen molar-refractivity contribution < 1.29 is 18.3 Å². The first-order valence-corrected chi connectivity index (χ1v) is 13.7. The van der Waals surface area contributed by atoms with Crippen molar-refractivity contribution in [3.63, 3.8) is 0 Å². The van der Waals surface area contributed by atoms with E-state index in [1.807, 2.05) is 41.3 Å². The molecule has 0 radical (unpaired) electrons. The maximum Gasteiger partial charge on any atom is 0.410 e. The molecule has 3 aromatic rings. The summed E-state index contributed by atoms with van der Waals surface area (Å²) < 4.78 is 37.1. The Kier molecular flexibility index (Phi) is 5.38. The summed E-state index contributed by atoms with van der Waals surface area (Å²) in [7, 11) is 0. The maximum atomic E-state index is 15.4. The first-order valence-electron chi connectivity index (χ1n) is 12.9. The molecule has 4 nitrogen and oxygen atoms in total. The Morgan fingerprint density at radius 3 is 2.53 bits per heavy atom. The molecule has 0 bridgehead atoms. The van der Waals surface area contributed by atoms with Gasteiger partial charge in [-0.2, -0.15) is 8.78 Å². The molecule has 1 atom stereocenters. The van der Waals surface area contributed by atoms with Gasteiger partial charge in [0.1, 0.15) is 6.61 Å². The zero-order valence-electron chi connectivity index (χ0n) is 20.6. The molecule has 0 unspecified atom stereocenters. The molecule has 1 saturated carbocycles. The highest BCUT2D eigenvalue weighted by molar-refractivity contribution is 9.10. The van der Waals surface area contributed by atoms with Gasteiger partial charge in [0, 0.05) is 40.5 Å². The molecule has 3 aromatic carbocycles. The van der Waals surface area contributed by atoms with Gasteiger partial charge in [-0.1, -0.05) is 64.5 Å². The minimum absolute atomic E-state index is 0.0290. The number of benzene rings is 3. The average molecular weight is 575 g/mol. The van der Waals surface area contributed by atoms with Crippen molar-refractivity contribution in [3.05, 3.63) is 99.7 Å². The van der Waals surface area contributed by atoms with Gasteiger partial charge in [0.15, 0.2) is 0 Å². The molecule has 7 rings (SSSR count). The summed E-state index contributed by atoms with van der Waals surface area (Å²) in [6.07, 6.45) is 5.08. The number of ether oxygens (including phenoxy) is 1. The smallest absolute Gasteiger partial charge is 0.410 e. The topological polar surface area (TPSA) is 41.9 Å². The van der Waals surface area contributed by atoms with Gasteiger partial charge < -0.3 is 4.74 Å². The average Bonchev–Trinajstić information content (AvgIpc) is 3.24. The Morgan fingerprint density at radius 2 is 1.76 bits per heavy atom. The number of carbonyl (C=O) groups is 1. The second-order valence-corrected chi connectivity index (χ2v) is 11.8. The highest BCUT2D eigenvalue weighted by Crippen LogP contribution is 2.56. The van der Waals surface area contributed by atoms with Crippen LogP contribution in [0.3, 0.4) is 0 Å². The summed E-state index contributed by atoms with van der Waals surface area (Å²) >= 11 is 3.32. The zero-order chi connectivity index (χ0) is 26.1. The summed E-state index contributed by atoms with van der Waals surface area (Å²) in [6.45, 7) is 0.909. The van der Waals surface area contributed by atoms with Crippen LogP contribution in [0.4, 0.5) is 13.6 Å². The van der Waals surface area contributed by atoms with Crippen molar-refractivity contribution in [1.29, 1.82) is 0 Å². The molecule has 1 spiro atoms. The van der Waals surface area contributed by atoms with Crippen molar-refractivity contribution in [3.8, 4) is 11.1 Å². The maximum absolute atomic E-state index is 15.4. The van der Waals surface area contributed by atoms with E-state index in [0.717, 1.165) is 41.7 Å². The van der Waals surface area contributed by atoms with E-state index in [0.29, 0.717) is 28.6 Å². The van der Waals surface area contributed by atoms with Crippen LogP contribution in [0, 0.1) is 5.41 Å². The largest absolute Gasteiger partial charge is 0.445 e. The minimum atomic E-state index is -3.06. The van der Waals surface area contributed by atoms with Gasteiger partial charge in [0.25, 0.3) is 5.92 Å². The summed E-state index contributed by atoms with van der Waals surface area (Å²) in [5, 5.41) is 0. The highest BCUT2D eigenvalue weighted by atomic mass is 79.9. The van der Waals surface area contributed by atoms with Gasteiger partial charge in [0.05, 0.1) is 6.04 Å². The number of rotatable bonds is 4. The summed E-state index contributed by atoms with van der Waals surface area (Å²) in [5.74, 6) is -3.06. The van der Waals surface area contributed by atoms with Gasteiger partial charge in [-0.15, -0.1) is 0 Å². The fourth-order valence-corrected chi connectivity index (χ4v) is 6.47. The third kappa shape index (κ3) is 3.90. The number of halogens is 3. The minimum Gasteiger partial charge on any atom is -0.445 e. The zero-order valence-corrected chi connectivity index (χ0v) is 22.2. The van der Waals surface area contributed by atoms with Gasteiger partial charge in [0.2, 0.25) is 0 Å². The van der Waals surface area contributed by atoms with Crippen LogP contribution >= 0.6 is 15.9 Å². The van der Waals surface area contributed by atoms with Crippen molar-refractivity contribution in [2.24, 2.45) is 10.4 Å². The van der Waals surface area contributed by atoms with Crippen LogP contribution in [-0.2, 0) is 17.3 Å². The molecule has 0 aromatic heterocycles. The van der Waals surface area contributed by atoms with Crippen molar-refractivity contribution in [1.82, 2.24) is 4.90 Å². The van der Waals surface area contributed by atoms with E-state index in [1.54, 1.807) is 30.5 Å². The summed E-state index contributed by atoms with van der Waals surface area (Å²) in [5.41, 5.74) is 4.85. The van der Waals surface area contributed by atoms with Crippen molar-refractivity contribution >= 4 is 33.3 Å². The molecule has 0 N–H and O–H groups in total. The molecular formula is C31H25BrF2N2O2. The van der Waals surface area contributed by atoms with Crippen LogP contribution in [0.1, 0.15) is 47.9 Å². The molecule has 1 saturated heterocycles. The van der Waals surface area contributed by atoms with E-state index in [4.69, 9.17) is 9.73 Å². The number of alkyl halides is 2. The molecule has 2 aliphatic carbocycles. The molecule has 2 fully saturated rings. The number of aliphatic imine (C=N–C) groups is 1. The third-order valence-corrected chi connectivity index (χ3v) is 8.88. The first kappa shape index (κ1) is 23.8. The van der Waals surface area contributed by atoms with Gasteiger partial charge >= 0.3 is 6.09 Å². The molecule has 2 heterocycles. The Hall–Kier alpha value is -3.32. The predicted molar refractivity (Wildman–Crippen MR) is 146 cm³/mol. The Morgan fingerprint density at radius 1 is 1.03 bits per heavy atom. The fraction of sp³-hybridized carbons (Fsp3) is 0.290. The van der Waals surface area contributed by atoms with Crippen LogP contribution in [0.2, 0.25) is 0 Å². The van der Waals surface area contributed by atoms with E-state index in [1.165, 1.54) is 6.07 Å². The molecular weight excluding hydrogens is 550 g/mol. The first-order chi connectivity index (χ1) is 18.3. The molecule has 192 valence electrons. The fourth-order valence-electron chi connectivity index (χ4n) is 6.11. The van der Waals surface area contributed by atoms with E-state index >= 15 is 8.78 Å². The van der Waals surface area contributed by atoms with Crippen molar-refractivity contribution in [2.75, 3.05) is 6.54 Å². The van der Waals surface area contributed by atoms with E-state index < -0.39 is 5.92 Å². The lowest BCUT2D eigenvalue weighted by atomic mass is 9.93. The predicted octanol–water partition coefficient (Wildman–Crippen LogP) is 7.95. The van der Waals surface area contributed by atoms with Crippen molar-refractivity contribution in [2.45, 2.75) is 44.3 Å². The van der Waals surface area contributed by atoms with E-state index in [2.05, 4.69) is 15.9 Å². The van der Waals surface area contributed by atoms with Crippen LogP contribution < -0.4 is 0 Å². The van der Waals surface area contributed by atoms with Crippen LogP contribution in [0.5, 0.6) is 0 Å². The number of nitrogens with zero attached hydrogens (tertiary/aromatic N) is 2. The van der Waals surface area contributed by atoms with Crippen LogP contribution in [0.25, 0.3) is 16.7 Å².